The molecule has 0 heterocycles. The molecule has 0 spiro atoms. The van der Waals surface area contributed by atoms with Crippen LogP contribution < -0.4 is 42.5 Å². The third-order valence-corrected chi connectivity index (χ3v) is 8.85. The summed E-state index contributed by atoms with van der Waals surface area (Å²) in [5.74, 6) is 0. The molecule has 292 valence electrons. The van der Waals surface area contributed by atoms with Crippen LogP contribution in [0.4, 0.5) is 0 Å². The van der Waals surface area contributed by atoms with Crippen LogP contribution >= 0.6 is 17.0 Å². The van der Waals surface area contributed by atoms with Gasteiger partial charge >= 0.3 is 0 Å². The van der Waals surface area contributed by atoms with E-state index in [1.807, 2.05) is 0 Å². The van der Waals surface area contributed by atoms with Crippen LogP contribution in [0.1, 0.15) is 124 Å². The third-order valence-electron chi connectivity index (χ3n) is 8.85. The van der Waals surface area contributed by atoms with Gasteiger partial charge in [0, 0.05) is 0 Å². The molecule has 0 atom stereocenters. The van der Waals surface area contributed by atoms with Crippen LogP contribution in [0.2, 0.25) is 0 Å². The molecule has 0 saturated heterocycles. The zero-order valence-corrected chi connectivity index (χ0v) is 34.3. The van der Waals surface area contributed by atoms with Crippen LogP contribution in [-0.4, -0.2) is 129 Å². The maximum Gasteiger partial charge on any atom is -0.00184 e. The highest BCUT2D eigenvalue weighted by Gasteiger charge is 2.02. The van der Waals surface area contributed by atoms with Crippen molar-refractivity contribution in [2.24, 2.45) is 0 Å². The summed E-state index contributed by atoms with van der Waals surface area (Å²) in [5, 5.41) is 28.5. The van der Waals surface area contributed by atoms with Gasteiger partial charge in [0.25, 0.3) is 0 Å². The first-order chi connectivity index (χ1) is 23.3. The molecule has 48 heavy (non-hydrogen) atoms. The van der Waals surface area contributed by atoms with Crippen molar-refractivity contribution in [3.8, 4) is 0 Å². The molecular formula is C38H88BrN9. The summed E-state index contributed by atoms with van der Waals surface area (Å²) >= 11 is 0. The summed E-state index contributed by atoms with van der Waals surface area (Å²) in [7, 11) is 0. The summed E-state index contributed by atoms with van der Waals surface area (Å²) in [4.78, 5) is 2.64. The molecule has 0 fully saturated rings. The SMILES string of the molecule is Br.CCNCCCCNCCCCNCCCCNCCCCN(CC)CCCCNCCCCNCCCCNCCCCNCC. The number of hydrogen-bond donors (Lipinski definition) is 8. The van der Waals surface area contributed by atoms with Crippen LogP contribution in [-0.2, 0) is 0 Å². The smallest absolute Gasteiger partial charge is 0.00184 e. The molecule has 0 aliphatic rings. The van der Waals surface area contributed by atoms with E-state index in [0.717, 1.165) is 91.6 Å². The van der Waals surface area contributed by atoms with Crippen molar-refractivity contribution >= 4 is 17.0 Å². The first kappa shape index (κ1) is 50.2. The van der Waals surface area contributed by atoms with E-state index in [-0.39, 0.29) is 17.0 Å². The average molecular weight is 751 g/mol. The average Bonchev–Trinajstić information content (AvgIpc) is 3.09. The Hall–Kier alpha value is 0.120. The van der Waals surface area contributed by atoms with E-state index in [0.29, 0.717) is 0 Å². The molecule has 0 amide bonds. The van der Waals surface area contributed by atoms with Crippen molar-refractivity contribution in [2.75, 3.05) is 124 Å². The second kappa shape index (κ2) is 47.1. The normalized spacial score (nSPS) is 11.5. The van der Waals surface area contributed by atoms with E-state index >= 15 is 0 Å². The van der Waals surface area contributed by atoms with Gasteiger partial charge in [-0.3, -0.25) is 0 Å². The minimum atomic E-state index is 0. The molecule has 10 heteroatoms. The number of nitrogens with one attached hydrogen (secondary N) is 8. The Balaban J connectivity index is 0. The fourth-order valence-electron chi connectivity index (χ4n) is 5.70. The summed E-state index contributed by atoms with van der Waals surface area (Å²) in [5.41, 5.74) is 0. The molecule has 0 aliphatic heterocycles. The molecule has 0 aliphatic carbocycles. The van der Waals surface area contributed by atoms with Gasteiger partial charge in [-0.2, -0.15) is 0 Å². The molecule has 0 aromatic carbocycles. The van der Waals surface area contributed by atoms with E-state index < -0.39 is 0 Å². The third kappa shape index (κ3) is 44.1. The Bertz CT molecular complexity index is 504. The number of halogens is 1. The van der Waals surface area contributed by atoms with E-state index in [1.54, 1.807) is 0 Å². The van der Waals surface area contributed by atoms with Crippen molar-refractivity contribution in [1.82, 2.24) is 47.4 Å². The first-order valence-corrected chi connectivity index (χ1v) is 20.7. The van der Waals surface area contributed by atoms with E-state index in [9.17, 15) is 0 Å². The van der Waals surface area contributed by atoms with Crippen LogP contribution in [0.5, 0.6) is 0 Å². The van der Waals surface area contributed by atoms with Crippen molar-refractivity contribution in [3.63, 3.8) is 0 Å². The fraction of sp³-hybridized carbons (Fsp3) is 1.00. The van der Waals surface area contributed by atoms with Gasteiger partial charge in [0.15, 0.2) is 0 Å². The highest BCUT2D eigenvalue weighted by atomic mass is 79.9. The van der Waals surface area contributed by atoms with Crippen LogP contribution in [0, 0.1) is 0 Å². The van der Waals surface area contributed by atoms with Crippen LogP contribution in [0.15, 0.2) is 0 Å². The lowest BCUT2D eigenvalue weighted by atomic mass is 10.2. The molecule has 0 rings (SSSR count). The van der Waals surface area contributed by atoms with Gasteiger partial charge in [-0.25, -0.2) is 0 Å². The minimum absolute atomic E-state index is 0. The quantitative estimate of drug-likeness (QED) is 0.0415. The van der Waals surface area contributed by atoms with Crippen LogP contribution in [0.3, 0.4) is 0 Å². The van der Waals surface area contributed by atoms with Gasteiger partial charge in [0.2, 0.25) is 0 Å². The summed E-state index contributed by atoms with van der Waals surface area (Å²) in [6.45, 7) is 28.8. The second-order valence-electron chi connectivity index (χ2n) is 13.3. The Morgan fingerprint density at radius 3 is 0.646 bits per heavy atom. The molecule has 0 radical (unpaired) electrons. The molecule has 0 saturated carbocycles. The topological polar surface area (TPSA) is 99.5 Å². The standard InChI is InChI=1S/C38H87N9.BrH/c1-4-39-23-7-9-25-41-27-11-13-29-43-31-15-17-33-45-35-19-21-37-47(6-3)38-22-20-36-46-34-18-16-32-44-30-14-12-28-42-26-10-8-24-40-5-2;/h39-46H,4-38H2,1-3H3;1H. The monoisotopic (exact) mass is 750 g/mol. The van der Waals surface area contributed by atoms with E-state index in [1.165, 1.54) is 135 Å². The molecule has 0 unspecified atom stereocenters. The Labute approximate surface area is 311 Å². The summed E-state index contributed by atoms with van der Waals surface area (Å²) in [6, 6.07) is 0. The van der Waals surface area contributed by atoms with Crippen molar-refractivity contribution in [2.45, 2.75) is 124 Å². The Kier molecular flexibility index (Phi) is 49.3. The Morgan fingerprint density at radius 2 is 0.458 bits per heavy atom. The minimum Gasteiger partial charge on any atom is -0.317 e. The molecule has 9 nitrogen and oxygen atoms in total. The van der Waals surface area contributed by atoms with Gasteiger partial charge in [0.05, 0.1) is 0 Å². The molecule has 0 aromatic heterocycles. The Morgan fingerprint density at radius 1 is 0.271 bits per heavy atom. The predicted molar refractivity (Wildman–Crippen MR) is 221 cm³/mol. The zero-order valence-electron chi connectivity index (χ0n) is 32.6. The van der Waals surface area contributed by atoms with Gasteiger partial charge < -0.3 is 47.4 Å². The van der Waals surface area contributed by atoms with Crippen molar-refractivity contribution in [1.29, 1.82) is 0 Å². The molecular weight excluding hydrogens is 662 g/mol. The molecule has 0 bridgehead atoms. The predicted octanol–water partition coefficient (Wildman–Crippen LogP) is 4.88. The summed E-state index contributed by atoms with van der Waals surface area (Å²) in [6.07, 6.45) is 20.6. The lowest BCUT2D eigenvalue weighted by molar-refractivity contribution is 0.275. The maximum absolute atomic E-state index is 3.66. The van der Waals surface area contributed by atoms with E-state index in [2.05, 4.69) is 68.2 Å². The number of rotatable bonds is 43. The highest BCUT2D eigenvalue weighted by molar-refractivity contribution is 8.93. The highest BCUT2D eigenvalue weighted by Crippen LogP contribution is 1.99. The summed E-state index contributed by atoms with van der Waals surface area (Å²) < 4.78 is 0. The zero-order chi connectivity index (χ0) is 34.0. The maximum atomic E-state index is 3.66. The first-order valence-electron chi connectivity index (χ1n) is 20.7. The van der Waals surface area contributed by atoms with Crippen molar-refractivity contribution in [3.05, 3.63) is 0 Å². The number of hydrogen-bond acceptors (Lipinski definition) is 9. The fourth-order valence-corrected chi connectivity index (χ4v) is 5.70. The van der Waals surface area contributed by atoms with Gasteiger partial charge in [-0.15, -0.1) is 17.0 Å². The number of nitrogens with zero attached hydrogens (tertiary/aromatic N) is 1. The molecule has 0 aromatic rings. The van der Waals surface area contributed by atoms with Crippen LogP contribution in [0.25, 0.3) is 0 Å². The molecule has 8 N–H and O–H groups in total. The van der Waals surface area contributed by atoms with Gasteiger partial charge in [-0.05, 0) is 227 Å². The second-order valence-corrected chi connectivity index (χ2v) is 13.3. The number of unbranched alkanes of at least 4 members (excludes halogenated alkanes) is 8. The van der Waals surface area contributed by atoms with Crippen molar-refractivity contribution < 1.29 is 0 Å². The lowest BCUT2D eigenvalue weighted by Crippen LogP contribution is -2.27. The van der Waals surface area contributed by atoms with Gasteiger partial charge in [-0.1, -0.05) is 20.8 Å². The lowest BCUT2D eigenvalue weighted by Gasteiger charge is -2.20. The van der Waals surface area contributed by atoms with Gasteiger partial charge in [0.1, 0.15) is 0 Å². The largest absolute Gasteiger partial charge is 0.317 e. The van der Waals surface area contributed by atoms with E-state index in [4.69, 9.17) is 0 Å².